The van der Waals surface area contributed by atoms with Crippen molar-refractivity contribution in [2.75, 3.05) is 0 Å². The first-order chi connectivity index (χ1) is 5.81. The first-order valence-electron chi connectivity index (χ1n) is 4.08. The molecule has 0 bridgehead atoms. The van der Waals surface area contributed by atoms with E-state index < -0.39 is 0 Å². The van der Waals surface area contributed by atoms with Crippen molar-refractivity contribution in [3.63, 3.8) is 0 Å². The summed E-state index contributed by atoms with van der Waals surface area (Å²) in [5.41, 5.74) is 1.99. The van der Waals surface area contributed by atoms with E-state index >= 15 is 0 Å². The van der Waals surface area contributed by atoms with Crippen LogP contribution < -0.4 is 0 Å². The highest BCUT2D eigenvalue weighted by Gasteiger charge is 2.25. The van der Waals surface area contributed by atoms with Crippen LogP contribution in [0.3, 0.4) is 0 Å². The zero-order valence-electron chi connectivity index (χ0n) is 6.63. The van der Waals surface area contributed by atoms with Gasteiger partial charge in [-0.2, -0.15) is 0 Å². The Morgan fingerprint density at radius 3 is 2.67 bits per heavy atom. The molecule has 1 aromatic rings. The van der Waals surface area contributed by atoms with E-state index in [1.165, 1.54) is 18.4 Å². The number of aliphatic hydroxyl groups is 1. The third-order valence-electron chi connectivity index (χ3n) is 2.19. The molecule has 2 heteroatoms. The van der Waals surface area contributed by atoms with Gasteiger partial charge in [-0.15, -0.1) is 0 Å². The van der Waals surface area contributed by atoms with Crippen molar-refractivity contribution in [1.29, 1.82) is 0 Å². The third kappa shape index (κ3) is 1.47. The molecule has 1 aliphatic carbocycles. The summed E-state index contributed by atoms with van der Waals surface area (Å²) in [6, 6.07) is 5.69. The molecule has 1 saturated carbocycles. The summed E-state index contributed by atoms with van der Waals surface area (Å²) < 4.78 is 0. The van der Waals surface area contributed by atoms with E-state index in [2.05, 4.69) is 0 Å². The van der Waals surface area contributed by atoms with Crippen LogP contribution in [0.2, 0.25) is 5.02 Å². The second kappa shape index (κ2) is 3.08. The van der Waals surface area contributed by atoms with Crippen molar-refractivity contribution in [2.45, 2.75) is 18.8 Å². The van der Waals surface area contributed by atoms with E-state index in [9.17, 15) is 0 Å². The minimum Gasteiger partial charge on any atom is -0.385 e. The highest BCUT2D eigenvalue weighted by atomic mass is 35.5. The second-order valence-corrected chi connectivity index (χ2v) is 3.59. The van der Waals surface area contributed by atoms with E-state index in [-0.39, 0.29) is 0 Å². The molecule has 12 heavy (non-hydrogen) atoms. The predicted molar refractivity (Wildman–Crippen MR) is 48.8 cm³/mol. The Morgan fingerprint density at radius 1 is 1.42 bits per heavy atom. The van der Waals surface area contributed by atoms with Crippen LogP contribution in [0.15, 0.2) is 18.2 Å². The molecule has 1 N–H and O–H groups in total. The monoisotopic (exact) mass is 181 g/mol. The third-order valence-corrected chi connectivity index (χ3v) is 2.52. The highest BCUT2D eigenvalue weighted by molar-refractivity contribution is 6.31. The average Bonchev–Trinajstić information content (AvgIpc) is 2.87. The van der Waals surface area contributed by atoms with Gasteiger partial charge in [0.25, 0.3) is 0 Å². The van der Waals surface area contributed by atoms with Gasteiger partial charge >= 0.3 is 0 Å². The van der Waals surface area contributed by atoms with Crippen LogP contribution in [0.4, 0.5) is 0 Å². The van der Waals surface area contributed by atoms with Crippen LogP contribution in [-0.2, 0) is 0 Å². The lowest BCUT2D eigenvalue weighted by Crippen LogP contribution is -1.85. The molecule has 0 amide bonds. The van der Waals surface area contributed by atoms with Crippen LogP contribution >= 0.6 is 11.6 Å². The van der Waals surface area contributed by atoms with Gasteiger partial charge in [-0.05, 0) is 36.0 Å². The molecule has 1 nitrogen and oxygen atoms in total. The quantitative estimate of drug-likeness (QED) is 0.744. The lowest BCUT2D eigenvalue weighted by Gasteiger charge is -2.02. The fourth-order valence-corrected chi connectivity index (χ4v) is 1.69. The number of hydrogen-bond acceptors (Lipinski definition) is 1. The summed E-state index contributed by atoms with van der Waals surface area (Å²) in [6.07, 6.45) is 2.50. The van der Waals surface area contributed by atoms with E-state index in [1.807, 2.05) is 12.1 Å². The maximum absolute atomic E-state index is 8.72. The first-order valence-corrected chi connectivity index (χ1v) is 4.46. The highest BCUT2D eigenvalue weighted by Crippen LogP contribution is 2.43. The van der Waals surface area contributed by atoms with Crippen molar-refractivity contribution < 1.29 is 5.11 Å². The van der Waals surface area contributed by atoms with Crippen LogP contribution in [0.5, 0.6) is 0 Å². The van der Waals surface area contributed by atoms with Gasteiger partial charge in [0.05, 0.1) is 0 Å². The molecule has 2 rings (SSSR count). The maximum atomic E-state index is 8.72. The van der Waals surface area contributed by atoms with E-state index in [4.69, 9.17) is 16.7 Å². The molecule has 0 heterocycles. The summed E-state index contributed by atoms with van der Waals surface area (Å²) in [5.74, 6) is 0.672. The number of hydrogen-bond donors (Lipinski definition) is 1. The Kier molecular flexibility index (Phi) is 2.07. The summed E-state index contributed by atoms with van der Waals surface area (Å²) >= 11 is 6.01. The zero-order chi connectivity index (χ0) is 8.55. The van der Waals surface area contributed by atoms with Gasteiger partial charge < -0.3 is 5.11 Å². The predicted octanol–water partition coefficient (Wildman–Crippen LogP) is 3.10. The van der Waals surface area contributed by atoms with Gasteiger partial charge in [-0.3, -0.25) is 0 Å². The Balaban J connectivity index is 2.32. The molecule has 0 aromatic heterocycles. The molecule has 0 atom stereocenters. The van der Waals surface area contributed by atoms with E-state index in [0.29, 0.717) is 5.92 Å². The Hall–Kier alpha value is -0.530. The molecule has 63 valence electrons. The minimum atomic E-state index is 0.672. The summed E-state index contributed by atoms with van der Waals surface area (Å²) in [6.45, 7) is 1.07. The molecular weight excluding hydrogens is 172 g/mol. The average molecular weight is 182 g/mol. The molecular formula is C10H10ClO. The minimum absolute atomic E-state index is 0.672. The van der Waals surface area contributed by atoms with Crippen LogP contribution in [0, 0.1) is 6.61 Å². The van der Waals surface area contributed by atoms with Crippen molar-refractivity contribution in [3.05, 3.63) is 41.0 Å². The Morgan fingerprint density at radius 2 is 2.17 bits per heavy atom. The fourth-order valence-electron chi connectivity index (χ4n) is 1.35. The van der Waals surface area contributed by atoms with Crippen molar-refractivity contribution in [2.24, 2.45) is 0 Å². The zero-order valence-corrected chi connectivity index (χ0v) is 7.38. The molecule has 0 saturated heterocycles. The molecule has 1 aromatic carbocycles. The van der Waals surface area contributed by atoms with Crippen molar-refractivity contribution in [1.82, 2.24) is 0 Å². The molecule has 0 spiro atoms. The largest absolute Gasteiger partial charge is 0.385 e. The Bertz CT molecular complexity index is 292. The maximum Gasteiger partial charge on any atom is 0.109 e. The summed E-state index contributed by atoms with van der Waals surface area (Å²) in [5, 5.41) is 9.50. The van der Waals surface area contributed by atoms with Gasteiger partial charge in [-0.1, -0.05) is 23.7 Å². The summed E-state index contributed by atoms with van der Waals surface area (Å²) in [7, 11) is 0. The van der Waals surface area contributed by atoms with Crippen LogP contribution in [0.1, 0.15) is 29.9 Å². The van der Waals surface area contributed by atoms with Gasteiger partial charge in [0.15, 0.2) is 0 Å². The van der Waals surface area contributed by atoms with Crippen LogP contribution in [0.25, 0.3) is 0 Å². The van der Waals surface area contributed by atoms with Gasteiger partial charge in [0.1, 0.15) is 6.61 Å². The molecule has 0 aliphatic heterocycles. The van der Waals surface area contributed by atoms with Gasteiger partial charge in [-0.25, -0.2) is 0 Å². The van der Waals surface area contributed by atoms with Crippen molar-refractivity contribution >= 4 is 11.6 Å². The van der Waals surface area contributed by atoms with Crippen LogP contribution in [-0.4, -0.2) is 5.11 Å². The SMILES string of the molecule is O[CH]c1ccc(C2CC2)c(Cl)c1. The smallest absolute Gasteiger partial charge is 0.109 e. The molecule has 1 radical (unpaired) electrons. The number of aliphatic hydroxyl groups excluding tert-OH is 1. The number of rotatable bonds is 2. The first kappa shape index (κ1) is 8.09. The molecule has 1 fully saturated rings. The topological polar surface area (TPSA) is 20.2 Å². The normalized spacial score (nSPS) is 16.5. The van der Waals surface area contributed by atoms with E-state index in [0.717, 1.165) is 17.2 Å². The lowest BCUT2D eigenvalue weighted by molar-refractivity contribution is 0.415. The lowest BCUT2D eigenvalue weighted by atomic mass is 10.1. The van der Waals surface area contributed by atoms with Gasteiger partial charge in [0, 0.05) is 5.02 Å². The standard InChI is InChI=1S/C10H10ClO/c11-10-5-7(6-12)1-4-9(10)8-2-3-8/h1,4-6,8,12H,2-3H2. The van der Waals surface area contributed by atoms with E-state index in [1.54, 1.807) is 6.07 Å². The summed E-state index contributed by atoms with van der Waals surface area (Å²) in [4.78, 5) is 0. The van der Waals surface area contributed by atoms with Crippen molar-refractivity contribution in [3.8, 4) is 0 Å². The number of benzene rings is 1. The molecule has 0 unspecified atom stereocenters. The number of halogens is 1. The Labute approximate surface area is 77.0 Å². The second-order valence-electron chi connectivity index (χ2n) is 3.18. The van der Waals surface area contributed by atoms with Gasteiger partial charge in [0.2, 0.25) is 0 Å². The fraction of sp³-hybridized carbons (Fsp3) is 0.300. The molecule has 1 aliphatic rings.